The van der Waals surface area contributed by atoms with Crippen molar-refractivity contribution in [2.24, 2.45) is 5.92 Å². The molecule has 0 bridgehead atoms. The molecule has 0 aromatic carbocycles. The molecule has 0 radical (unpaired) electrons. The minimum absolute atomic E-state index is 0.0394. The number of nitrogens with one attached hydrogen (secondary N) is 1. The predicted octanol–water partition coefficient (Wildman–Crippen LogP) is 1.83. The Labute approximate surface area is 136 Å². The molecule has 1 fully saturated rings. The molecule has 6 nitrogen and oxygen atoms in total. The molecule has 1 amide bonds. The van der Waals surface area contributed by atoms with Gasteiger partial charge in [0, 0.05) is 43.8 Å². The number of anilines is 1. The lowest BCUT2D eigenvalue weighted by Crippen LogP contribution is -2.41. The summed E-state index contributed by atoms with van der Waals surface area (Å²) in [5.41, 5.74) is 0.652. The van der Waals surface area contributed by atoms with Crippen molar-refractivity contribution in [3.8, 4) is 0 Å². The second-order valence-corrected chi connectivity index (χ2v) is 5.86. The largest absolute Gasteiger partial charge is 0.356 e. The number of hydrogen-bond donors (Lipinski definition) is 1. The zero-order chi connectivity index (χ0) is 16.1. The summed E-state index contributed by atoms with van der Waals surface area (Å²) in [5.74, 6) is 2.16. The first-order chi connectivity index (χ1) is 11.2. The lowest BCUT2D eigenvalue weighted by Gasteiger charge is -2.33. The summed E-state index contributed by atoms with van der Waals surface area (Å²) in [6.07, 6.45) is 7.30. The molecule has 0 saturated carbocycles. The first-order valence-corrected chi connectivity index (χ1v) is 7.95. The van der Waals surface area contributed by atoms with Crippen LogP contribution in [0.15, 0.2) is 36.8 Å². The monoisotopic (exact) mass is 311 g/mol. The highest BCUT2D eigenvalue weighted by Gasteiger charge is 2.21. The maximum Gasteiger partial charge on any atom is 0.251 e. The van der Waals surface area contributed by atoms with Crippen molar-refractivity contribution in [3.63, 3.8) is 0 Å². The number of aryl methyl sites for hydroxylation is 1. The van der Waals surface area contributed by atoms with Gasteiger partial charge in [-0.3, -0.25) is 9.78 Å². The first kappa shape index (κ1) is 15.4. The van der Waals surface area contributed by atoms with Gasteiger partial charge in [-0.05, 0) is 43.9 Å². The zero-order valence-electron chi connectivity index (χ0n) is 13.3. The van der Waals surface area contributed by atoms with Gasteiger partial charge in [0.05, 0.1) is 0 Å². The van der Waals surface area contributed by atoms with Gasteiger partial charge in [-0.25, -0.2) is 9.97 Å². The van der Waals surface area contributed by atoms with E-state index in [2.05, 4.69) is 25.2 Å². The van der Waals surface area contributed by atoms with Crippen LogP contribution in [0.4, 0.5) is 5.82 Å². The number of piperidine rings is 1. The lowest BCUT2D eigenvalue weighted by atomic mass is 9.98. The number of rotatable bonds is 4. The maximum atomic E-state index is 12.1. The summed E-state index contributed by atoms with van der Waals surface area (Å²) in [5, 5.41) is 3.03. The molecule has 6 heteroatoms. The molecular formula is C17H21N5O. The first-order valence-electron chi connectivity index (χ1n) is 7.95. The minimum atomic E-state index is -0.0394. The van der Waals surface area contributed by atoms with E-state index >= 15 is 0 Å². The van der Waals surface area contributed by atoms with E-state index in [0.29, 0.717) is 18.0 Å². The van der Waals surface area contributed by atoms with Crippen LogP contribution in [0.3, 0.4) is 0 Å². The van der Waals surface area contributed by atoms with Gasteiger partial charge < -0.3 is 10.2 Å². The van der Waals surface area contributed by atoms with E-state index in [-0.39, 0.29) is 5.91 Å². The standard InChI is InChI=1S/C17H21N5O/c1-13-19-9-6-16(21-13)22-10-2-3-14(12-22)11-20-17(23)15-4-7-18-8-5-15/h4-9,14H,2-3,10-12H2,1H3,(H,20,23). The fourth-order valence-corrected chi connectivity index (χ4v) is 2.90. The quantitative estimate of drug-likeness (QED) is 0.932. The Kier molecular flexibility index (Phi) is 4.80. The molecule has 1 aliphatic heterocycles. The van der Waals surface area contributed by atoms with Crippen LogP contribution >= 0.6 is 0 Å². The average molecular weight is 311 g/mol. The van der Waals surface area contributed by atoms with Gasteiger partial charge in [-0.1, -0.05) is 0 Å². The zero-order valence-corrected chi connectivity index (χ0v) is 13.3. The highest BCUT2D eigenvalue weighted by Crippen LogP contribution is 2.21. The molecule has 2 aromatic heterocycles. The molecule has 23 heavy (non-hydrogen) atoms. The average Bonchev–Trinajstić information content (AvgIpc) is 2.61. The van der Waals surface area contributed by atoms with Gasteiger partial charge in [0.2, 0.25) is 0 Å². The van der Waals surface area contributed by atoms with E-state index in [1.165, 1.54) is 0 Å². The SMILES string of the molecule is Cc1nccc(N2CCCC(CNC(=O)c3ccncc3)C2)n1. The van der Waals surface area contributed by atoms with Gasteiger partial charge in [-0.2, -0.15) is 0 Å². The molecular weight excluding hydrogens is 290 g/mol. The Balaban J connectivity index is 1.56. The Hall–Kier alpha value is -2.50. The van der Waals surface area contributed by atoms with E-state index in [0.717, 1.165) is 37.6 Å². The molecule has 1 aliphatic rings. The van der Waals surface area contributed by atoms with Crippen molar-refractivity contribution in [1.29, 1.82) is 0 Å². The maximum absolute atomic E-state index is 12.1. The van der Waals surface area contributed by atoms with Gasteiger partial charge in [-0.15, -0.1) is 0 Å². The lowest BCUT2D eigenvalue weighted by molar-refractivity contribution is 0.0945. The van der Waals surface area contributed by atoms with Crippen LogP contribution in [0.1, 0.15) is 29.0 Å². The van der Waals surface area contributed by atoms with Crippen LogP contribution in [0, 0.1) is 12.8 Å². The number of amides is 1. The van der Waals surface area contributed by atoms with Crippen molar-refractivity contribution >= 4 is 11.7 Å². The summed E-state index contributed by atoms with van der Waals surface area (Å²) in [6.45, 7) is 4.50. The van der Waals surface area contributed by atoms with Crippen LogP contribution in [0.2, 0.25) is 0 Å². The fourth-order valence-electron chi connectivity index (χ4n) is 2.90. The predicted molar refractivity (Wildman–Crippen MR) is 88.3 cm³/mol. The third kappa shape index (κ3) is 4.03. The Morgan fingerprint density at radius 2 is 2.13 bits per heavy atom. The van der Waals surface area contributed by atoms with Crippen molar-refractivity contribution in [2.75, 3.05) is 24.5 Å². The topological polar surface area (TPSA) is 71.0 Å². The van der Waals surface area contributed by atoms with Crippen LogP contribution < -0.4 is 10.2 Å². The third-order valence-corrected chi connectivity index (χ3v) is 4.10. The number of pyridine rings is 1. The smallest absolute Gasteiger partial charge is 0.251 e. The van der Waals surface area contributed by atoms with Crippen molar-refractivity contribution in [3.05, 3.63) is 48.2 Å². The number of hydrogen-bond acceptors (Lipinski definition) is 5. The second-order valence-electron chi connectivity index (χ2n) is 5.86. The number of carbonyl (C=O) groups excluding carboxylic acids is 1. The summed E-state index contributed by atoms with van der Waals surface area (Å²) in [4.78, 5) is 27.0. The Morgan fingerprint density at radius 3 is 2.91 bits per heavy atom. The molecule has 1 unspecified atom stereocenters. The van der Waals surface area contributed by atoms with Crippen LogP contribution in [0.25, 0.3) is 0 Å². The van der Waals surface area contributed by atoms with E-state index in [4.69, 9.17) is 0 Å². The molecule has 3 heterocycles. The third-order valence-electron chi connectivity index (χ3n) is 4.10. The Morgan fingerprint density at radius 1 is 1.30 bits per heavy atom. The van der Waals surface area contributed by atoms with Crippen LogP contribution in [0.5, 0.6) is 0 Å². The van der Waals surface area contributed by atoms with E-state index in [1.807, 2.05) is 13.0 Å². The number of aromatic nitrogens is 3. The summed E-state index contributed by atoms with van der Waals surface area (Å²) in [7, 11) is 0. The van der Waals surface area contributed by atoms with Crippen molar-refractivity contribution in [1.82, 2.24) is 20.3 Å². The molecule has 0 aliphatic carbocycles. The van der Waals surface area contributed by atoms with Gasteiger partial charge in [0.25, 0.3) is 5.91 Å². The molecule has 120 valence electrons. The fraction of sp³-hybridized carbons (Fsp3) is 0.412. The van der Waals surface area contributed by atoms with Crippen molar-refractivity contribution in [2.45, 2.75) is 19.8 Å². The molecule has 1 saturated heterocycles. The van der Waals surface area contributed by atoms with Crippen LogP contribution in [-0.2, 0) is 0 Å². The Bertz CT molecular complexity index is 661. The van der Waals surface area contributed by atoms with Gasteiger partial charge >= 0.3 is 0 Å². The summed E-state index contributed by atoms with van der Waals surface area (Å²) in [6, 6.07) is 5.41. The van der Waals surface area contributed by atoms with E-state index in [9.17, 15) is 4.79 Å². The number of carbonyl (C=O) groups is 1. The normalized spacial score (nSPS) is 17.8. The second kappa shape index (κ2) is 7.17. The van der Waals surface area contributed by atoms with Gasteiger partial charge in [0.15, 0.2) is 0 Å². The van der Waals surface area contributed by atoms with E-state index < -0.39 is 0 Å². The highest BCUT2D eigenvalue weighted by molar-refractivity contribution is 5.93. The molecule has 3 rings (SSSR count). The van der Waals surface area contributed by atoms with E-state index in [1.54, 1.807) is 30.7 Å². The summed E-state index contributed by atoms with van der Waals surface area (Å²) >= 11 is 0. The van der Waals surface area contributed by atoms with Crippen molar-refractivity contribution < 1.29 is 4.79 Å². The molecule has 1 N–H and O–H groups in total. The number of nitrogens with zero attached hydrogens (tertiary/aromatic N) is 4. The van der Waals surface area contributed by atoms with Crippen LogP contribution in [-0.4, -0.2) is 40.5 Å². The summed E-state index contributed by atoms with van der Waals surface area (Å²) < 4.78 is 0. The molecule has 2 aromatic rings. The molecule has 1 atom stereocenters. The minimum Gasteiger partial charge on any atom is -0.356 e. The van der Waals surface area contributed by atoms with Gasteiger partial charge in [0.1, 0.15) is 11.6 Å². The molecule has 0 spiro atoms. The highest BCUT2D eigenvalue weighted by atomic mass is 16.1.